The highest BCUT2D eigenvalue weighted by Gasteiger charge is 2.19. The van der Waals surface area contributed by atoms with Crippen LogP contribution in [0.4, 0.5) is 4.39 Å². The van der Waals surface area contributed by atoms with Gasteiger partial charge in [-0.25, -0.2) is 18.7 Å². The number of aryl methyl sites for hydroxylation is 1. The van der Waals surface area contributed by atoms with Gasteiger partial charge in [-0.05, 0) is 36.8 Å². The van der Waals surface area contributed by atoms with Crippen LogP contribution in [0.5, 0.6) is 0 Å². The lowest BCUT2D eigenvalue weighted by Gasteiger charge is -2.12. The summed E-state index contributed by atoms with van der Waals surface area (Å²) in [5.41, 5.74) is 1.000. The SMILES string of the molecule is CCn1cnc2c1c(=O)n(Cc1ccccc1)c(=O)n2-c1ccc(F)cc1. The molecule has 7 heteroatoms. The smallest absolute Gasteiger partial charge is 0.325 e. The van der Waals surface area contributed by atoms with Crippen molar-refractivity contribution in [2.24, 2.45) is 0 Å². The molecule has 136 valence electrons. The molecule has 4 aromatic rings. The number of nitrogens with zero attached hydrogens (tertiary/aromatic N) is 4. The van der Waals surface area contributed by atoms with Gasteiger partial charge in [-0.15, -0.1) is 0 Å². The van der Waals surface area contributed by atoms with E-state index in [1.807, 2.05) is 37.3 Å². The fourth-order valence-electron chi connectivity index (χ4n) is 3.15. The Morgan fingerprint density at radius 2 is 1.70 bits per heavy atom. The van der Waals surface area contributed by atoms with E-state index in [-0.39, 0.29) is 12.2 Å². The van der Waals surface area contributed by atoms with Crippen molar-refractivity contribution in [3.63, 3.8) is 0 Å². The number of rotatable bonds is 4. The molecule has 0 aliphatic carbocycles. The van der Waals surface area contributed by atoms with E-state index in [0.29, 0.717) is 17.7 Å². The van der Waals surface area contributed by atoms with Crippen LogP contribution in [0.3, 0.4) is 0 Å². The van der Waals surface area contributed by atoms with E-state index in [0.717, 1.165) is 5.56 Å². The zero-order valence-electron chi connectivity index (χ0n) is 14.7. The Morgan fingerprint density at radius 3 is 2.37 bits per heavy atom. The van der Waals surface area contributed by atoms with Crippen molar-refractivity contribution in [1.29, 1.82) is 0 Å². The third-order valence-electron chi connectivity index (χ3n) is 4.51. The standard InChI is InChI=1S/C20H17FN4O2/c1-2-23-13-22-18-17(23)19(26)24(12-14-6-4-3-5-7-14)20(27)25(18)16-10-8-15(21)9-11-16/h3-11,13H,2,12H2,1H3. The fraction of sp³-hybridized carbons (Fsp3) is 0.150. The lowest BCUT2D eigenvalue weighted by atomic mass is 10.2. The summed E-state index contributed by atoms with van der Waals surface area (Å²) in [4.78, 5) is 30.5. The summed E-state index contributed by atoms with van der Waals surface area (Å²) in [5, 5.41) is 0. The molecule has 0 bridgehead atoms. The van der Waals surface area contributed by atoms with Crippen molar-refractivity contribution in [2.45, 2.75) is 20.0 Å². The van der Waals surface area contributed by atoms with Crippen molar-refractivity contribution >= 4 is 11.2 Å². The average Bonchev–Trinajstić information content (AvgIpc) is 3.11. The van der Waals surface area contributed by atoms with Gasteiger partial charge in [0.25, 0.3) is 5.56 Å². The highest BCUT2D eigenvalue weighted by atomic mass is 19.1. The highest BCUT2D eigenvalue weighted by molar-refractivity contribution is 5.72. The van der Waals surface area contributed by atoms with Crippen molar-refractivity contribution < 1.29 is 4.39 Å². The maximum atomic E-state index is 13.3. The molecule has 0 atom stereocenters. The molecular weight excluding hydrogens is 347 g/mol. The quantitative estimate of drug-likeness (QED) is 0.559. The number of benzene rings is 2. The topological polar surface area (TPSA) is 61.8 Å². The zero-order chi connectivity index (χ0) is 19.0. The van der Waals surface area contributed by atoms with Gasteiger partial charge in [-0.1, -0.05) is 30.3 Å². The van der Waals surface area contributed by atoms with Crippen LogP contribution >= 0.6 is 0 Å². The Morgan fingerprint density at radius 1 is 1.00 bits per heavy atom. The van der Waals surface area contributed by atoms with Crippen LogP contribution in [0.15, 0.2) is 70.5 Å². The van der Waals surface area contributed by atoms with Crippen molar-refractivity contribution in [3.8, 4) is 5.69 Å². The summed E-state index contributed by atoms with van der Waals surface area (Å²) in [5.74, 6) is -0.403. The lowest BCUT2D eigenvalue weighted by molar-refractivity contribution is 0.626. The fourth-order valence-corrected chi connectivity index (χ4v) is 3.15. The van der Waals surface area contributed by atoms with Crippen molar-refractivity contribution in [2.75, 3.05) is 0 Å². The first-order valence-corrected chi connectivity index (χ1v) is 8.60. The Kier molecular flexibility index (Phi) is 4.19. The van der Waals surface area contributed by atoms with Gasteiger partial charge >= 0.3 is 5.69 Å². The predicted octanol–water partition coefficient (Wildman–Crippen LogP) is 2.56. The Balaban J connectivity index is 2.05. The molecular formula is C20H17FN4O2. The molecule has 0 spiro atoms. The largest absolute Gasteiger partial charge is 0.337 e. The summed E-state index contributed by atoms with van der Waals surface area (Å²) < 4.78 is 17.6. The molecule has 0 saturated carbocycles. The second kappa shape index (κ2) is 6.68. The van der Waals surface area contributed by atoms with E-state index < -0.39 is 17.1 Å². The molecule has 0 fully saturated rings. The number of hydrogen-bond donors (Lipinski definition) is 0. The van der Waals surface area contributed by atoms with Gasteiger partial charge in [0.2, 0.25) is 0 Å². The van der Waals surface area contributed by atoms with Crippen LogP contribution in [0, 0.1) is 5.82 Å². The summed E-state index contributed by atoms with van der Waals surface area (Å²) in [7, 11) is 0. The van der Waals surface area contributed by atoms with Crippen LogP contribution in [0.2, 0.25) is 0 Å². The first-order valence-electron chi connectivity index (χ1n) is 8.60. The summed E-state index contributed by atoms with van der Waals surface area (Å²) in [6.45, 7) is 2.58. The Bertz CT molecular complexity index is 1220. The van der Waals surface area contributed by atoms with E-state index in [4.69, 9.17) is 0 Å². The molecule has 6 nitrogen and oxygen atoms in total. The second-order valence-corrected chi connectivity index (χ2v) is 6.17. The molecule has 0 unspecified atom stereocenters. The number of fused-ring (bicyclic) bond motifs is 1. The van der Waals surface area contributed by atoms with E-state index in [1.54, 1.807) is 10.9 Å². The number of aromatic nitrogens is 4. The van der Waals surface area contributed by atoms with Crippen LogP contribution < -0.4 is 11.2 Å². The maximum Gasteiger partial charge on any atom is 0.337 e. The second-order valence-electron chi connectivity index (χ2n) is 6.17. The minimum absolute atomic E-state index is 0.143. The number of imidazole rings is 1. The van der Waals surface area contributed by atoms with Gasteiger partial charge in [0.05, 0.1) is 18.6 Å². The number of hydrogen-bond acceptors (Lipinski definition) is 3. The molecule has 0 N–H and O–H groups in total. The highest BCUT2D eigenvalue weighted by Crippen LogP contribution is 2.14. The molecule has 0 radical (unpaired) electrons. The molecule has 0 saturated heterocycles. The van der Waals surface area contributed by atoms with Gasteiger partial charge in [0.15, 0.2) is 11.2 Å². The van der Waals surface area contributed by atoms with Crippen LogP contribution in [0.25, 0.3) is 16.9 Å². The Labute approximate surface area is 153 Å². The first-order chi connectivity index (χ1) is 13.1. The molecule has 0 amide bonds. The van der Waals surface area contributed by atoms with E-state index in [1.165, 1.54) is 33.4 Å². The minimum Gasteiger partial charge on any atom is -0.325 e. The zero-order valence-corrected chi connectivity index (χ0v) is 14.7. The average molecular weight is 364 g/mol. The van der Waals surface area contributed by atoms with E-state index >= 15 is 0 Å². The monoisotopic (exact) mass is 364 g/mol. The third kappa shape index (κ3) is 2.87. The van der Waals surface area contributed by atoms with Gasteiger partial charge in [-0.3, -0.25) is 9.36 Å². The van der Waals surface area contributed by atoms with Gasteiger partial charge in [0, 0.05) is 6.54 Å². The first kappa shape index (κ1) is 17.0. The third-order valence-corrected chi connectivity index (χ3v) is 4.51. The molecule has 0 aliphatic rings. The molecule has 0 aliphatic heterocycles. The summed E-state index contributed by atoms with van der Waals surface area (Å²) in [6, 6.07) is 14.8. The number of halogens is 1. The maximum absolute atomic E-state index is 13.3. The van der Waals surface area contributed by atoms with Crippen LogP contribution in [-0.4, -0.2) is 18.7 Å². The minimum atomic E-state index is -0.510. The molecule has 2 aromatic carbocycles. The summed E-state index contributed by atoms with van der Waals surface area (Å²) >= 11 is 0. The van der Waals surface area contributed by atoms with Crippen molar-refractivity contribution in [3.05, 3.63) is 93.1 Å². The van der Waals surface area contributed by atoms with Crippen LogP contribution in [0.1, 0.15) is 12.5 Å². The molecule has 4 rings (SSSR count). The van der Waals surface area contributed by atoms with E-state index in [9.17, 15) is 14.0 Å². The normalized spacial score (nSPS) is 11.2. The van der Waals surface area contributed by atoms with Gasteiger partial charge < -0.3 is 4.57 Å². The lowest BCUT2D eigenvalue weighted by Crippen LogP contribution is -2.40. The van der Waals surface area contributed by atoms with Crippen molar-refractivity contribution in [1.82, 2.24) is 18.7 Å². The van der Waals surface area contributed by atoms with E-state index in [2.05, 4.69) is 4.98 Å². The van der Waals surface area contributed by atoms with Crippen LogP contribution in [-0.2, 0) is 13.1 Å². The Hall–Kier alpha value is -3.48. The van der Waals surface area contributed by atoms with Gasteiger partial charge in [0.1, 0.15) is 5.82 Å². The molecule has 27 heavy (non-hydrogen) atoms. The van der Waals surface area contributed by atoms with Gasteiger partial charge in [-0.2, -0.15) is 0 Å². The predicted molar refractivity (Wildman–Crippen MR) is 101 cm³/mol. The molecule has 2 aromatic heterocycles. The summed E-state index contributed by atoms with van der Waals surface area (Å²) in [6.07, 6.45) is 1.54. The molecule has 2 heterocycles.